The van der Waals surface area contributed by atoms with E-state index in [1.165, 1.54) is 23.2 Å². The third-order valence-corrected chi connectivity index (χ3v) is 3.30. The molecule has 0 atom stereocenters. The van der Waals surface area contributed by atoms with E-state index in [4.69, 9.17) is 11.6 Å². The van der Waals surface area contributed by atoms with Gasteiger partial charge >= 0.3 is 6.18 Å². The van der Waals surface area contributed by atoms with Crippen LogP contribution in [-0.2, 0) is 6.54 Å². The zero-order valence-electron chi connectivity index (χ0n) is 12.7. The van der Waals surface area contributed by atoms with Crippen LogP contribution in [0.25, 0.3) is 0 Å². The summed E-state index contributed by atoms with van der Waals surface area (Å²) in [6, 6.07) is 9.67. The van der Waals surface area contributed by atoms with E-state index in [1.54, 1.807) is 31.3 Å². The number of benzene rings is 1. The fourth-order valence-corrected chi connectivity index (χ4v) is 2.03. The predicted molar refractivity (Wildman–Crippen MR) is 83.0 cm³/mol. The Hall–Kier alpha value is -2.28. The molecule has 0 radical (unpaired) electrons. The summed E-state index contributed by atoms with van der Waals surface area (Å²) in [6.45, 7) is -1.06. The molecule has 1 amide bonds. The van der Waals surface area contributed by atoms with Crippen LogP contribution in [0.3, 0.4) is 0 Å². The number of pyridine rings is 1. The Balaban J connectivity index is 1.97. The zero-order valence-corrected chi connectivity index (χ0v) is 13.4. The molecule has 1 heterocycles. The van der Waals surface area contributed by atoms with Gasteiger partial charge in [-0.1, -0.05) is 23.7 Å². The Labute approximate surface area is 141 Å². The Morgan fingerprint density at radius 1 is 1.21 bits per heavy atom. The van der Waals surface area contributed by atoms with Crippen molar-refractivity contribution in [2.75, 3.05) is 13.7 Å². The molecule has 128 valence electrons. The summed E-state index contributed by atoms with van der Waals surface area (Å²) in [5, 5.41) is 0.603. The van der Waals surface area contributed by atoms with E-state index in [9.17, 15) is 18.0 Å². The van der Waals surface area contributed by atoms with Crippen molar-refractivity contribution in [2.24, 2.45) is 0 Å². The van der Waals surface area contributed by atoms with Gasteiger partial charge in [-0.25, -0.2) is 4.98 Å². The van der Waals surface area contributed by atoms with Crippen LogP contribution in [0, 0.1) is 0 Å². The lowest BCUT2D eigenvalue weighted by Gasteiger charge is -2.17. The topological polar surface area (TPSA) is 42.4 Å². The number of aromatic nitrogens is 1. The zero-order chi connectivity index (χ0) is 17.7. The Kier molecular flexibility index (Phi) is 5.66. The third-order valence-electron chi connectivity index (χ3n) is 3.05. The summed E-state index contributed by atoms with van der Waals surface area (Å²) in [4.78, 5) is 17.5. The second-order valence-corrected chi connectivity index (χ2v) is 5.51. The summed E-state index contributed by atoms with van der Waals surface area (Å²) in [5.41, 5.74) is 1.15. The number of hydrogen-bond donors (Lipinski definition) is 0. The van der Waals surface area contributed by atoms with E-state index in [-0.39, 0.29) is 17.4 Å². The first-order valence-corrected chi connectivity index (χ1v) is 7.28. The average Bonchev–Trinajstić information content (AvgIpc) is 2.54. The molecule has 0 saturated carbocycles. The fourth-order valence-electron chi connectivity index (χ4n) is 1.90. The van der Waals surface area contributed by atoms with Crippen molar-refractivity contribution in [3.63, 3.8) is 0 Å². The van der Waals surface area contributed by atoms with Gasteiger partial charge in [-0.2, -0.15) is 13.2 Å². The largest absolute Gasteiger partial charge is 0.468 e. The molecule has 4 nitrogen and oxygen atoms in total. The molecular formula is C16H14ClF3N2O2. The first kappa shape index (κ1) is 18.1. The quantitative estimate of drug-likeness (QED) is 0.812. The van der Waals surface area contributed by atoms with E-state index < -0.39 is 12.8 Å². The van der Waals surface area contributed by atoms with Crippen molar-refractivity contribution < 1.29 is 22.7 Å². The van der Waals surface area contributed by atoms with E-state index in [0.717, 1.165) is 5.56 Å². The standard InChI is InChI=1S/C16H14ClF3N2O2/c1-22(9-11-2-5-13(17)6-3-11)15(23)12-4-7-14(21-8-12)24-10-16(18,19)20/h2-8H,9-10H2,1H3. The second-order valence-electron chi connectivity index (χ2n) is 5.08. The van der Waals surface area contributed by atoms with Crippen molar-refractivity contribution in [1.29, 1.82) is 0 Å². The van der Waals surface area contributed by atoms with Gasteiger partial charge in [0.1, 0.15) is 0 Å². The van der Waals surface area contributed by atoms with Crippen LogP contribution in [0.5, 0.6) is 5.88 Å². The molecule has 0 bridgehead atoms. The monoisotopic (exact) mass is 358 g/mol. The number of alkyl halides is 3. The summed E-state index contributed by atoms with van der Waals surface area (Å²) >= 11 is 5.80. The van der Waals surface area contributed by atoms with Crippen LogP contribution < -0.4 is 4.74 Å². The molecule has 2 rings (SSSR count). The Bertz CT molecular complexity index is 688. The molecular weight excluding hydrogens is 345 g/mol. The fraction of sp³-hybridized carbons (Fsp3) is 0.250. The molecule has 0 unspecified atom stereocenters. The highest BCUT2D eigenvalue weighted by molar-refractivity contribution is 6.30. The molecule has 8 heteroatoms. The number of halogens is 4. The minimum absolute atomic E-state index is 0.191. The maximum atomic E-state index is 12.3. The van der Waals surface area contributed by atoms with Crippen molar-refractivity contribution >= 4 is 17.5 Å². The van der Waals surface area contributed by atoms with Gasteiger partial charge in [0, 0.05) is 30.9 Å². The normalized spacial score (nSPS) is 11.2. The van der Waals surface area contributed by atoms with E-state index in [1.807, 2.05) is 0 Å². The summed E-state index contributed by atoms with van der Waals surface area (Å²) in [5.74, 6) is -0.496. The van der Waals surface area contributed by atoms with Crippen LogP contribution in [0.15, 0.2) is 42.6 Å². The highest BCUT2D eigenvalue weighted by Gasteiger charge is 2.28. The van der Waals surface area contributed by atoms with Gasteiger partial charge in [0.15, 0.2) is 6.61 Å². The van der Waals surface area contributed by atoms with Crippen LogP contribution >= 0.6 is 11.6 Å². The molecule has 0 aliphatic heterocycles. The van der Waals surface area contributed by atoms with Crippen molar-refractivity contribution in [1.82, 2.24) is 9.88 Å². The molecule has 0 spiro atoms. The first-order chi connectivity index (χ1) is 11.2. The molecule has 24 heavy (non-hydrogen) atoms. The molecule has 2 aromatic rings. The van der Waals surface area contributed by atoms with Crippen molar-refractivity contribution in [3.05, 3.63) is 58.7 Å². The van der Waals surface area contributed by atoms with Gasteiger partial charge in [-0.3, -0.25) is 4.79 Å². The Morgan fingerprint density at radius 3 is 2.42 bits per heavy atom. The highest BCUT2D eigenvalue weighted by atomic mass is 35.5. The van der Waals surface area contributed by atoms with Gasteiger partial charge in [-0.05, 0) is 23.8 Å². The molecule has 0 aliphatic carbocycles. The van der Waals surface area contributed by atoms with E-state index >= 15 is 0 Å². The Morgan fingerprint density at radius 2 is 1.88 bits per heavy atom. The van der Waals surface area contributed by atoms with Crippen LogP contribution in [0.1, 0.15) is 15.9 Å². The number of nitrogens with zero attached hydrogens (tertiary/aromatic N) is 2. The predicted octanol–water partition coefficient (Wildman–Crippen LogP) is 3.95. The maximum Gasteiger partial charge on any atom is 0.422 e. The van der Waals surface area contributed by atoms with Crippen LogP contribution in [-0.4, -0.2) is 35.6 Å². The van der Waals surface area contributed by atoms with Gasteiger partial charge in [0.05, 0.1) is 5.56 Å². The number of hydrogen-bond acceptors (Lipinski definition) is 3. The lowest BCUT2D eigenvalue weighted by atomic mass is 10.2. The number of rotatable bonds is 5. The lowest BCUT2D eigenvalue weighted by molar-refractivity contribution is -0.154. The number of carbonyl (C=O) groups is 1. The molecule has 1 aromatic heterocycles. The summed E-state index contributed by atoms with van der Waals surface area (Å²) < 4.78 is 40.7. The van der Waals surface area contributed by atoms with Gasteiger partial charge in [-0.15, -0.1) is 0 Å². The molecule has 1 aromatic carbocycles. The van der Waals surface area contributed by atoms with E-state index in [2.05, 4.69) is 9.72 Å². The molecule has 0 fully saturated rings. The van der Waals surface area contributed by atoms with Crippen LogP contribution in [0.4, 0.5) is 13.2 Å². The van der Waals surface area contributed by atoms with Gasteiger partial charge in [0.25, 0.3) is 5.91 Å². The second kappa shape index (κ2) is 7.53. The number of carbonyl (C=O) groups excluding carboxylic acids is 1. The van der Waals surface area contributed by atoms with Crippen molar-refractivity contribution in [2.45, 2.75) is 12.7 Å². The summed E-state index contributed by atoms with van der Waals surface area (Å²) in [7, 11) is 1.62. The van der Waals surface area contributed by atoms with E-state index in [0.29, 0.717) is 11.6 Å². The highest BCUT2D eigenvalue weighted by Crippen LogP contribution is 2.18. The maximum absolute atomic E-state index is 12.3. The molecule has 0 saturated heterocycles. The van der Waals surface area contributed by atoms with Gasteiger partial charge in [0.2, 0.25) is 5.88 Å². The van der Waals surface area contributed by atoms with Crippen molar-refractivity contribution in [3.8, 4) is 5.88 Å². The first-order valence-electron chi connectivity index (χ1n) is 6.90. The van der Waals surface area contributed by atoms with Gasteiger partial charge < -0.3 is 9.64 Å². The SMILES string of the molecule is CN(Cc1ccc(Cl)cc1)C(=O)c1ccc(OCC(F)(F)F)nc1. The van der Waals surface area contributed by atoms with Crippen LogP contribution in [0.2, 0.25) is 5.02 Å². The summed E-state index contributed by atoms with van der Waals surface area (Å²) in [6.07, 6.45) is -3.25. The minimum Gasteiger partial charge on any atom is -0.468 e. The lowest BCUT2D eigenvalue weighted by Crippen LogP contribution is -2.26. The molecule has 0 N–H and O–H groups in total. The average molecular weight is 359 g/mol. The number of amides is 1. The minimum atomic E-state index is -4.44. The smallest absolute Gasteiger partial charge is 0.422 e. The number of ether oxygens (including phenoxy) is 1. The third kappa shape index (κ3) is 5.42. The molecule has 0 aliphatic rings.